The first-order chi connectivity index (χ1) is 22.1. The number of nitrogens with one attached hydrogen (secondary N) is 2. The van der Waals surface area contributed by atoms with Gasteiger partial charge in [0, 0.05) is 43.5 Å². The molecule has 1 aliphatic carbocycles. The first kappa shape index (κ1) is 35.6. The van der Waals surface area contributed by atoms with Gasteiger partial charge in [-0.1, -0.05) is 26.2 Å². The average molecular weight is 641 g/mol. The number of fused-ring (bicyclic) bond motifs is 1. The lowest BCUT2D eigenvalue weighted by Gasteiger charge is -2.36. The van der Waals surface area contributed by atoms with Crippen molar-refractivity contribution < 1.29 is 28.6 Å². The number of carbonyl (C=O) groups excluding carboxylic acids is 2. The maximum absolute atomic E-state index is 14.3. The van der Waals surface area contributed by atoms with Crippen molar-refractivity contribution in [2.24, 2.45) is 11.8 Å². The lowest BCUT2D eigenvalue weighted by Crippen LogP contribution is -2.47. The second-order valence-corrected chi connectivity index (χ2v) is 13.3. The van der Waals surface area contributed by atoms with Crippen LogP contribution in [0, 0.1) is 17.7 Å². The average Bonchev–Trinajstić information content (AvgIpc) is 3.04. The number of hydrogen-bond donors (Lipinski definition) is 3. The largest absolute Gasteiger partial charge is 0.490 e. The fourth-order valence-corrected chi connectivity index (χ4v) is 6.48. The molecule has 1 aliphatic heterocycles. The van der Waals surface area contributed by atoms with Gasteiger partial charge in [0.15, 0.2) is 0 Å². The molecule has 0 unspecified atom stereocenters. The third-order valence-electron chi connectivity index (χ3n) is 9.20. The molecule has 10 heteroatoms. The van der Waals surface area contributed by atoms with Crippen molar-refractivity contribution in [1.82, 2.24) is 9.80 Å². The molecule has 0 bridgehead atoms. The first-order valence-electron chi connectivity index (χ1n) is 17.0. The maximum Gasteiger partial charge on any atom is 0.323 e. The van der Waals surface area contributed by atoms with Gasteiger partial charge in [-0.15, -0.1) is 0 Å². The molecule has 3 N–H and O–H groups in total. The van der Waals surface area contributed by atoms with E-state index in [9.17, 15) is 19.1 Å². The van der Waals surface area contributed by atoms with Gasteiger partial charge >= 0.3 is 6.03 Å². The van der Waals surface area contributed by atoms with Crippen LogP contribution in [0.5, 0.6) is 5.75 Å². The van der Waals surface area contributed by atoms with Crippen LogP contribution in [0.4, 0.5) is 20.6 Å². The van der Waals surface area contributed by atoms with Crippen LogP contribution < -0.4 is 15.4 Å². The Kier molecular flexibility index (Phi) is 13.7. The van der Waals surface area contributed by atoms with Gasteiger partial charge < -0.3 is 35.0 Å². The fraction of sp³-hybridized carbons (Fsp3) is 0.611. The molecule has 1 fully saturated rings. The normalized spacial score (nSPS) is 22.8. The molecule has 0 radical (unpaired) electrons. The molecule has 2 aliphatic rings. The van der Waals surface area contributed by atoms with Crippen LogP contribution in [0.15, 0.2) is 42.5 Å². The highest BCUT2D eigenvalue weighted by atomic mass is 19.1. The fourth-order valence-electron chi connectivity index (χ4n) is 6.48. The Morgan fingerprint density at radius 1 is 1.00 bits per heavy atom. The highest BCUT2D eigenvalue weighted by Crippen LogP contribution is 2.29. The Bertz CT molecular complexity index is 1260. The number of amides is 3. The van der Waals surface area contributed by atoms with E-state index in [1.807, 2.05) is 13.8 Å². The molecule has 4 atom stereocenters. The number of anilines is 2. The van der Waals surface area contributed by atoms with Gasteiger partial charge in [0.1, 0.15) is 11.6 Å². The number of benzene rings is 2. The third kappa shape index (κ3) is 10.7. The Balaban J connectivity index is 1.56. The van der Waals surface area contributed by atoms with Crippen molar-refractivity contribution >= 4 is 23.3 Å². The molecule has 0 aromatic heterocycles. The van der Waals surface area contributed by atoms with Crippen molar-refractivity contribution in [3.05, 3.63) is 53.8 Å². The number of halogens is 1. The summed E-state index contributed by atoms with van der Waals surface area (Å²) >= 11 is 0. The summed E-state index contributed by atoms with van der Waals surface area (Å²) in [7, 11) is 2.17. The number of hydrogen-bond acceptors (Lipinski definition) is 6. The molecule has 2 aromatic rings. The monoisotopic (exact) mass is 640 g/mol. The summed E-state index contributed by atoms with van der Waals surface area (Å²) in [6.07, 6.45) is 8.95. The van der Waals surface area contributed by atoms with Crippen LogP contribution in [0.25, 0.3) is 0 Å². The second kappa shape index (κ2) is 17.6. The second-order valence-electron chi connectivity index (χ2n) is 13.3. The summed E-state index contributed by atoms with van der Waals surface area (Å²) in [5.41, 5.74) is 1.14. The first-order valence-corrected chi connectivity index (χ1v) is 17.0. The van der Waals surface area contributed by atoms with Crippen LogP contribution >= 0.6 is 0 Å². The third-order valence-corrected chi connectivity index (χ3v) is 9.20. The van der Waals surface area contributed by atoms with E-state index in [4.69, 9.17) is 9.47 Å². The number of ether oxygens (including phenoxy) is 2. The van der Waals surface area contributed by atoms with Crippen molar-refractivity contribution in [2.45, 2.75) is 90.4 Å². The summed E-state index contributed by atoms with van der Waals surface area (Å²) in [4.78, 5) is 31.2. The van der Waals surface area contributed by atoms with E-state index >= 15 is 0 Å². The molecule has 254 valence electrons. The number of carbonyl (C=O) groups is 2. The topological polar surface area (TPSA) is 103 Å². The zero-order valence-electron chi connectivity index (χ0n) is 28.0. The van der Waals surface area contributed by atoms with Crippen molar-refractivity contribution in [2.75, 3.05) is 50.5 Å². The van der Waals surface area contributed by atoms with E-state index < -0.39 is 17.9 Å². The molecule has 9 nitrogen and oxygen atoms in total. The zero-order chi connectivity index (χ0) is 33.1. The van der Waals surface area contributed by atoms with Crippen molar-refractivity contribution in [3.63, 3.8) is 0 Å². The number of urea groups is 1. The van der Waals surface area contributed by atoms with Crippen LogP contribution in [0.1, 0.15) is 82.5 Å². The van der Waals surface area contributed by atoms with Gasteiger partial charge in [0.25, 0.3) is 5.91 Å². The van der Waals surface area contributed by atoms with Gasteiger partial charge in [-0.3, -0.25) is 4.79 Å². The summed E-state index contributed by atoms with van der Waals surface area (Å²) in [6, 6.07) is 9.51. The van der Waals surface area contributed by atoms with E-state index in [1.165, 1.54) is 56.4 Å². The molecule has 1 heterocycles. The summed E-state index contributed by atoms with van der Waals surface area (Å²) in [5.74, 6) is 0.469. The highest BCUT2D eigenvalue weighted by Gasteiger charge is 2.31. The number of likely N-dealkylation sites (N-methyl/N-ethyl adjacent to an activating group) is 1. The molecule has 46 heavy (non-hydrogen) atoms. The van der Waals surface area contributed by atoms with Crippen LogP contribution in [-0.4, -0.2) is 85.0 Å². The van der Waals surface area contributed by atoms with E-state index in [0.29, 0.717) is 35.8 Å². The molecule has 3 amide bonds. The van der Waals surface area contributed by atoms with Gasteiger partial charge in [-0.25, -0.2) is 9.18 Å². The van der Waals surface area contributed by atoms with E-state index in [2.05, 4.69) is 29.5 Å². The molecular weight excluding hydrogens is 587 g/mol. The summed E-state index contributed by atoms with van der Waals surface area (Å²) in [6.45, 7) is 8.61. The van der Waals surface area contributed by atoms with E-state index in [-0.39, 0.29) is 30.6 Å². The van der Waals surface area contributed by atoms with Crippen LogP contribution in [-0.2, 0) is 4.74 Å². The Hall–Kier alpha value is -3.21. The highest BCUT2D eigenvalue weighted by molar-refractivity contribution is 6.02. The Morgan fingerprint density at radius 2 is 1.67 bits per heavy atom. The standard InChI is InChI=1S/C36H53FN4O5/c1-25-21-41(26(2)24-42)35(43)32-20-31(39-36(44)38-30-15-13-29(37)14-16-30)17-18-33(32)46-27(3)10-8-9-19-45-34(25)23-40(4)22-28-11-6-5-7-12-28/h13-18,20,25-28,34,42H,5-12,19,21-24H2,1-4H3,(H2,38,39,44)/t25-,26-,27-,34-/m0/s1. The van der Waals surface area contributed by atoms with Gasteiger partial charge in [-0.2, -0.15) is 0 Å². The Morgan fingerprint density at radius 3 is 2.39 bits per heavy atom. The maximum atomic E-state index is 14.3. The van der Waals surface area contributed by atoms with E-state index in [0.717, 1.165) is 38.3 Å². The molecule has 4 rings (SSSR count). The van der Waals surface area contributed by atoms with Gasteiger partial charge in [-0.05, 0) is 101 Å². The quantitative estimate of drug-likeness (QED) is 0.294. The summed E-state index contributed by atoms with van der Waals surface area (Å²) < 4.78 is 26.1. The number of nitrogens with zero attached hydrogens (tertiary/aromatic N) is 2. The predicted molar refractivity (Wildman–Crippen MR) is 180 cm³/mol. The smallest absolute Gasteiger partial charge is 0.323 e. The molecule has 1 saturated carbocycles. The van der Waals surface area contributed by atoms with E-state index in [1.54, 1.807) is 23.1 Å². The molecule has 2 aromatic carbocycles. The lowest BCUT2D eigenvalue weighted by molar-refractivity contribution is -0.0190. The zero-order valence-corrected chi connectivity index (χ0v) is 28.0. The van der Waals surface area contributed by atoms with Crippen molar-refractivity contribution in [3.8, 4) is 5.75 Å². The van der Waals surface area contributed by atoms with Gasteiger partial charge in [0.2, 0.25) is 0 Å². The van der Waals surface area contributed by atoms with Crippen LogP contribution in [0.2, 0.25) is 0 Å². The molecule has 0 saturated heterocycles. The van der Waals surface area contributed by atoms with Crippen LogP contribution in [0.3, 0.4) is 0 Å². The summed E-state index contributed by atoms with van der Waals surface area (Å²) in [5, 5.41) is 15.7. The predicted octanol–water partition coefficient (Wildman–Crippen LogP) is 6.78. The van der Waals surface area contributed by atoms with Gasteiger partial charge in [0.05, 0.1) is 30.4 Å². The molecular formula is C36H53FN4O5. The number of rotatable bonds is 8. The lowest BCUT2D eigenvalue weighted by atomic mass is 9.89. The minimum absolute atomic E-state index is 0.000725. The number of aliphatic hydroxyl groups is 1. The SMILES string of the molecule is C[C@H]1CCCCO[C@@H](CN(C)CC2CCCCC2)[C@@H](C)CN([C@@H](C)CO)C(=O)c2cc(NC(=O)Nc3ccc(F)cc3)ccc2O1. The minimum atomic E-state index is -0.527. The Labute approximate surface area is 273 Å². The minimum Gasteiger partial charge on any atom is -0.490 e. The van der Waals surface area contributed by atoms with Crippen molar-refractivity contribution in [1.29, 1.82) is 0 Å². The number of aliphatic hydroxyl groups excluding tert-OH is 1. The molecule has 0 spiro atoms.